The molecule has 1 saturated heterocycles. The summed E-state index contributed by atoms with van der Waals surface area (Å²) in [6, 6.07) is 6.89. The molecule has 1 aliphatic heterocycles. The van der Waals surface area contributed by atoms with E-state index in [0.717, 1.165) is 38.2 Å². The Morgan fingerprint density at radius 2 is 2.00 bits per heavy atom. The van der Waals surface area contributed by atoms with Crippen LogP contribution in [0.5, 0.6) is 0 Å². The van der Waals surface area contributed by atoms with Gasteiger partial charge in [-0.1, -0.05) is 18.2 Å². The lowest BCUT2D eigenvalue weighted by Crippen LogP contribution is -2.30. The average molecular weight is 253 g/mol. The first kappa shape index (κ1) is 13.5. The molecule has 0 bridgehead atoms. The average Bonchev–Trinajstić information content (AvgIpc) is 2.40. The van der Waals surface area contributed by atoms with Crippen molar-refractivity contribution < 1.29 is 13.9 Å². The van der Waals surface area contributed by atoms with Crippen LogP contribution in [0.25, 0.3) is 0 Å². The van der Waals surface area contributed by atoms with Crippen molar-refractivity contribution in [2.75, 3.05) is 26.8 Å². The molecule has 0 spiro atoms. The number of nitrogens with zero attached hydrogens (tertiary/aromatic N) is 1. The van der Waals surface area contributed by atoms with Gasteiger partial charge in [0.2, 0.25) is 0 Å². The third kappa shape index (κ3) is 4.05. The highest BCUT2D eigenvalue weighted by atomic mass is 19.1. The Balaban J connectivity index is 1.74. The molecule has 0 aliphatic carbocycles. The van der Waals surface area contributed by atoms with Gasteiger partial charge in [-0.3, -0.25) is 0 Å². The molecule has 18 heavy (non-hydrogen) atoms. The first-order chi connectivity index (χ1) is 8.75. The summed E-state index contributed by atoms with van der Waals surface area (Å²) in [6.45, 7) is 3.00. The third-order valence-corrected chi connectivity index (χ3v) is 3.04. The maximum atomic E-state index is 13.5. The van der Waals surface area contributed by atoms with Crippen LogP contribution in [0.1, 0.15) is 18.4 Å². The van der Waals surface area contributed by atoms with Gasteiger partial charge in [0.05, 0.1) is 13.2 Å². The minimum absolute atomic E-state index is 0.0955. The van der Waals surface area contributed by atoms with E-state index in [9.17, 15) is 4.39 Å². The Morgan fingerprint density at radius 1 is 1.28 bits per heavy atom. The summed E-state index contributed by atoms with van der Waals surface area (Å²) in [6.07, 6.45) is 1.70. The minimum atomic E-state index is -0.144. The lowest BCUT2D eigenvalue weighted by Gasteiger charge is -2.25. The summed E-state index contributed by atoms with van der Waals surface area (Å²) < 4.78 is 24.4. The molecule has 0 radical (unpaired) electrons. The first-order valence-electron chi connectivity index (χ1n) is 6.41. The second-order valence-corrected chi connectivity index (χ2v) is 4.64. The normalized spacial score (nSPS) is 17.3. The van der Waals surface area contributed by atoms with E-state index in [1.54, 1.807) is 6.07 Å². The molecule has 1 heterocycles. The predicted octanol–water partition coefficient (Wildman–Crippen LogP) is 2.41. The predicted molar refractivity (Wildman–Crippen MR) is 67.7 cm³/mol. The van der Waals surface area contributed by atoms with Crippen molar-refractivity contribution in [2.24, 2.45) is 0 Å². The van der Waals surface area contributed by atoms with Gasteiger partial charge in [-0.2, -0.15) is 0 Å². The van der Waals surface area contributed by atoms with Crippen LogP contribution < -0.4 is 0 Å². The second-order valence-electron chi connectivity index (χ2n) is 4.64. The van der Waals surface area contributed by atoms with Gasteiger partial charge in [0.25, 0.3) is 0 Å². The van der Waals surface area contributed by atoms with E-state index in [2.05, 4.69) is 4.90 Å². The summed E-state index contributed by atoms with van der Waals surface area (Å²) in [5.74, 6) is -0.144. The van der Waals surface area contributed by atoms with Crippen molar-refractivity contribution in [3.63, 3.8) is 0 Å². The number of halogens is 1. The maximum absolute atomic E-state index is 13.5. The van der Waals surface area contributed by atoms with Gasteiger partial charge in [-0.05, 0) is 19.5 Å². The molecule has 0 aromatic heterocycles. The fourth-order valence-corrected chi connectivity index (χ4v) is 2.03. The highest BCUT2D eigenvalue weighted by Gasteiger charge is 2.15. The van der Waals surface area contributed by atoms with Crippen molar-refractivity contribution in [2.45, 2.75) is 25.7 Å². The summed E-state index contributed by atoms with van der Waals surface area (Å²) in [4.78, 5) is 2.08. The van der Waals surface area contributed by atoms with Gasteiger partial charge in [-0.15, -0.1) is 0 Å². The third-order valence-electron chi connectivity index (χ3n) is 3.04. The van der Waals surface area contributed by atoms with Crippen LogP contribution in [0.4, 0.5) is 4.39 Å². The molecule has 1 aliphatic rings. The van der Waals surface area contributed by atoms with Crippen molar-refractivity contribution in [3.05, 3.63) is 35.6 Å². The Bertz CT molecular complexity index is 367. The summed E-state index contributed by atoms with van der Waals surface area (Å²) >= 11 is 0. The molecule has 0 amide bonds. The SMILES string of the molecule is CN(CCC1OCCCO1)Cc1ccccc1F. The molecular formula is C14H20FNO2. The fraction of sp³-hybridized carbons (Fsp3) is 0.571. The van der Waals surface area contributed by atoms with Gasteiger partial charge >= 0.3 is 0 Å². The van der Waals surface area contributed by atoms with Gasteiger partial charge in [0.1, 0.15) is 5.82 Å². The van der Waals surface area contributed by atoms with Crippen LogP contribution in [-0.2, 0) is 16.0 Å². The monoisotopic (exact) mass is 253 g/mol. The van der Waals surface area contributed by atoms with Crippen molar-refractivity contribution in [1.82, 2.24) is 4.90 Å². The highest BCUT2D eigenvalue weighted by Crippen LogP contribution is 2.12. The topological polar surface area (TPSA) is 21.7 Å². The fourth-order valence-electron chi connectivity index (χ4n) is 2.03. The van der Waals surface area contributed by atoms with Gasteiger partial charge in [0.15, 0.2) is 6.29 Å². The van der Waals surface area contributed by atoms with E-state index in [4.69, 9.17) is 9.47 Å². The van der Waals surface area contributed by atoms with Crippen LogP contribution in [0, 0.1) is 5.82 Å². The molecule has 0 unspecified atom stereocenters. The number of hydrogen-bond donors (Lipinski definition) is 0. The van der Waals surface area contributed by atoms with Crippen LogP contribution in [0.3, 0.4) is 0 Å². The van der Waals surface area contributed by atoms with E-state index in [0.29, 0.717) is 6.54 Å². The Kier molecular flexibility index (Phi) is 5.11. The lowest BCUT2D eigenvalue weighted by atomic mass is 10.2. The van der Waals surface area contributed by atoms with Gasteiger partial charge in [0, 0.05) is 25.1 Å². The summed E-state index contributed by atoms with van der Waals surface area (Å²) in [7, 11) is 1.98. The summed E-state index contributed by atoms with van der Waals surface area (Å²) in [5.41, 5.74) is 0.727. The van der Waals surface area contributed by atoms with Gasteiger partial charge in [-0.25, -0.2) is 4.39 Å². The minimum Gasteiger partial charge on any atom is -0.353 e. The molecule has 0 saturated carbocycles. The smallest absolute Gasteiger partial charge is 0.158 e. The zero-order chi connectivity index (χ0) is 12.8. The van der Waals surface area contributed by atoms with Crippen LogP contribution >= 0.6 is 0 Å². The molecule has 3 nitrogen and oxygen atoms in total. The van der Waals surface area contributed by atoms with E-state index >= 15 is 0 Å². The van der Waals surface area contributed by atoms with E-state index in [-0.39, 0.29) is 12.1 Å². The number of benzene rings is 1. The van der Waals surface area contributed by atoms with Crippen molar-refractivity contribution in [3.8, 4) is 0 Å². The van der Waals surface area contributed by atoms with E-state index < -0.39 is 0 Å². The maximum Gasteiger partial charge on any atom is 0.158 e. The largest absolute Gasteiger partial charge is 0.353 e. The molecule has 1 fully saturated rings. The molecule has 0 N–H and O–H groups in total. The van der Waals surface area contributed by atoms with Crippen LogP contribution in [0.15, 0.2) is 24.3 Å². The molecule has 100 valence electrons. The highest BCUT2D eigenvalue weighted by molar-refractivity contribution is 5.16. The standard InChI is InChI=1S/C14H20FNO2/c1-16(8-7-14-17-9-4-10-18-14)11-12-5-2-3-6-13(12)15/h2-3,5-6,14H,4,7-11H2,1H3. The molecule has 1 aromatic rings. The first-order valence-corrected chi connectivity index (χ1v) is 6.41. The Hall–Kier alpha value is -0.970. The Labute approximate surface area is 107 Å². The van der Waals surface area contributed by atoms with Crippen molar-refractivity contribution in [1.29, 1.82) is 0 Å². The number of rotatable bonds is 5. The zero-order valence-corrected chi connectivity index (χ0v) is 10.8. The van der Waals surface area contributed by atoms with Crippen LogP contribution in [-0.4, -0.2) is 38.0 Å². The van der Waals surface area contributed by atoms with E-state index in [1.807, 2.05) is 19.2 Å². The second kappa shape index (κ2) is 6.83. The van der Waals surface area contributed by atoms with Crippen molar-refractivity contribution >= 4 is 0 Å². The van der Waals surface area contributed by atoms with E-state index in [1.165, 1.54) is 6.07 Å². The Morgan fingerprint density at radius 3 is 2.72 bits per heavy atom. The summed E-state index contributed by atoms with van der Waals surface area (Å²) in [5, 5.41) is 0. The molecule has 4 heteroatoms. The quantitative estimate of drug-likeness (QED) is 0.804. The molecule has 1 aromatic carbocycles. The zero-order valence-electron chi connectivity index (χ0n) is 10.8. The van der Waals surface area contributed by atoms with Crippen LogP contribution in [0.2, 0.25) is 0 Å². The number of ether oxygens (including phenoxy) is 2. The van der Waals surface area contributed by atoms with Gasteiger partial charge < -0.3 is 14.4 Å². The molecular weight excluding hydrogens is 233 g/mol. The molecule has 0 atom stereocenters. The molecule has 2 rings (SSSR count). The number of hydrogen-bond acceptors (Lipinski definition) is 3. The lowest BCUT2D eigenvalue weighted by molar-refractivity contribution is -0.182.